The number of rotatable bonds is 8. The Morgan fingerprint density at radius 2 is 1.71 bits per heavy atom. The fraction of sp³-hybridized carbons (Fsp3) is 0.611. The lowest BCUT2D eigenvalue weighted by molar-refractivity contribution is -0.144. The topological polar surface area (TPSA) is 38.3 Å². The Bertz CT molecular complexity index is 425. The first kappa shape index (κ1) is 17.7. The molecule has 0 spiro atoms. The molecule has 0 aromatic heterocycles. The van der Waals surface area contributed by atoms with E-state index >= 15 is 0 Å². The lowest BCUT2D eigenvalue weighted by Crippen LogP contribution is -2.42. The number of ether oxygens (including phenoxy) is 1. The number of carbonyl (C=O) groups is 1. The fourth-order valence-electron chi connectivity index (χ4n) is 2.37. The van der Waals surface area contributed by atoms with Gasteiger partial charge in [-0.2, -0.15) is 0 Å². The van der Waals surface area contributed by atoms with E-state index in [1.165, 1.54) is 18.2 Å². The summed E-state index contributed by atoms with van der Waals surface area (Å²) in [5, 5.41) is 3.32. The minimum absolute atomic E-state index is 0.180. The average Bonchev–Trinajstić information content (AvgIpc) is 2.47. The second-order valence-electron chi connectivity index (χ2n) is 6.18. The molecule has 0 saturated heterocycles. The Kier molecular flexibility index (Phi) is 7.44. The highest BCUT2D eigenvalue weighted by atomic mass is 16.5. The molecule has 0 radical (unpaired) electrons. The zero-order chi connectivity index (χ0) is 15.8. The van der Waals surface area contributed by atoms with Crippen LogP contribution in [-0.2, 0) is 22.5 Å². The predicted molar refractivity (Wildman–Crippen MR) is 87.1 cm³/mol. The summed E-state index contributed by atoms with van der Waals surface area (Å²) >= 11 is 0. The van der Waals surface area contributed by atoms with Crippen LogP contribution in [0.3, 0.4) is 0 Å². The summed E-state index contributed by atoms with van der Waals surface area (Å²) in [5.41, 5.74) is 2.56. The molecule has 0 aliphatic rings. The van der Waals surface area contributed by atoms with Gasteiger partial charge in [0.1, 0.15) is 6.04 Å². The Balaban J connectivity index is 2.61. The van der Waals surface area contributed by atoms with Crippen LogP contribution in [0.25, 0.3) is 0 Å². The molecule has 0 aliphatic heterocycles. The molecule has 0 bridgehead atoms. The van der Waals surface area contributed by atoms with Crippen molar-refractivity contribution in [3.8, 4) is 0 Å². The maximum Gasteiger partial charge on any atom is 0.323 e. The van der Waals surface area contributed by atoms with Gasteiger partial charge in [-0.15, -0.1) is 0 Å². The van der Waals surface area contributed by atoms with Gasteiger partial charge < -0.3 is 10.1 Å². The second-order valence-corrected chi connectivity index (χ2v) is 6.18. The molecule has 1 N–H and O–H groups in total. The summed E-state index contributed by atoms with van der Waals surface area (Å²) in [6, 6.07) is 8.38. The number of esters is 1. The van der Waals surface area contributed by atoms with Crippen molar-refractivity contribution in [2.75, 3.05) is 7.11 Å². The van der Waals surface area contributed by atoms with Crippen LogP contribution in [0.1, 0.15) is 45.2 Å². The molecule has 118 valence electrons. The Labute approximate surface area is 129 Å². The summed E-state index contributed by atoms with van der Waals surface area (Å²) in [4.78, 5) is 11.8. The fourth-order valence-corrected chi connectivity index (χ4v) is 2.37. The van der Waals surface area contributed by atoms with Crippen molar-refractivity contribution < 1.29 is 9.53 Å². The lowest BCUT2D eigenvalue weighted by atomic mass is 9.98. The quantitative estimate of drug-likeness (QED) is 0.744. The Morgan fingerprint density at radius 1 is 1.14 bits per heavy atom. The summed E-state index contributed by atoms with van der Waals surface area (Å²) in [7, 11) is 1.44. The molecule has 2 unspecified atom stereocenters. The van der Waals surface area contributed by atoms with Crippen molar-refractivity contribution in [3.05, 3.63) is 35.4 Å². The molecule has 0 heterocycles. The predicted octanol–water partition coefficient (Wildman–Crippen LogP) is 3.56. The van der Waals surface area contributed by atoms with Gasteiger partial charge in [0.05, 0.1) is 7.11 Å². The van der Waals surface area contributed by atoms with Gasteiger partial charge in [0, 0.05) is 6.54 Å². The van der Waals surface area contributed by atoms with Crippen molar-refractivity contribution >= 4 is 5.97 Å². The maximum absolute atomic E-state index is 11.8. The molecule has 0 amide bonds. The SMILES string of the molecule is CCC(C)C(NCc1ccc(CC(C)C)cc1)C(=O)OC. The number of carbonyl (C=O) groups excluding carboxylic acids is 1. The first-order chi connectivity index (χ1) is 9.97. The van der Waals surface area contributed by atoms with Crippen molar-refractivity contribution in [2.24, 2.45) is 11.8 Å². The van der Waals surface area contributed by atoms with Crippen LogP contribution in [0.2, 0.25) is 0 Å². The number of hydrogen-bond acceptors (Lipinski definition) is 3. The summed E-state index contributed by atoms with van der Waals surface area (Å²) in [6.45, 7) is 9.29. The van der Waals surface area contributed by atoms with Crippen LogP contribution < -0.4 is 5.32 Å². The van der Waals surface area contributed by atoms with Gasteiger partial charge in [0.25, 0.3) is 0 Å². The largest absolute Gasteiger partial charge is 0.468 e. The summed E-state index contributed by atoms with van der Waals surface area (Å²) in [5.74, 6) is 0.751. The van der Waals surface area contributed by atoms with E-state index in [4.69, 9.17) is 4.74 Å². The van der Waals surface area contributed by atoms with Crippen LogP contribution in [0.15, 0.2) is 24.3 Å². The molecule has 0 saturated carbocycles. The molecule has 2 atom stereocenters. The van der Waals surface area contributed by atoms with Gasteiger partial charge in [-0.05, 0) is 29.4 Å². The van der Waals surface area contributed by atoms with Crippen molar-refractivity contribution in [1.29, 1.82) is 0 Å². The zero-order valence-electron chi connectivity index (χ0n) is 14.0. The van der Waals surface area contributed by atoms with E-state index in [1.807, 2.05) is 0 Å². The van der Waals surface area contributed by atoms with Crippen molar-refractivity contribution in [1.82, 2.24) is 5.32 Å². The average molecular weight is 291 g/mol. The molecule has 0 fully saturated rings. The highest BCUT2D eigenvalue weighted by Crippen LogP contribution is 2.12. The van der Waals surface area contributed by atoms with E-state index in [-0.39, 0.29) is 17.9 Å². The van der Waals surface area contributed by atoms with Crippen LogP contribution in [0.5, 0.6) is 0 Å². The van der Waals surface area contributed by atoms with Crippen molar-refractivity contribution in [3.63, 3.8) is 0 Å². The van der Waals surface area contributed by atoms with Gasteiger partial charge in [-0.1, -0.05) is 58.4 Å². The third-order valence-corrected chi connectivity index (χ3v) is 3.86. The smallest absolute Gasteiger partial charge is 0.323 e. The molecule has 3 heteroatoms. The standard InChI is InChI=1S/C18H29NO2/c1-6-14(4)17(18(20)21-5)19-12-16-9-7-15(8-10-16)11-13(2)3/h7-10,13-14,17,19H,6,11-12H2,1-5H3. The van der Waals surface area contributed by atoms with Crippen LogP contribution >= 0.6 is 0 Å². The van der Waals surface area contributed by atoms with Gasteiger partial charge in [0.2, 0.25) is 0 Å². The number of nitrogens with one attached hydrogen (secondary N) is 1. The van der Waals surface area contributed by atoms with Crippen LogP contribution in [-0.4, -0.2) is 19.1 Å². The van der Waals surface area contributed by atoms with Gasteiger partial charge in [0.15, 0.2) is 0 Å². The first-order valence-electron chi connectivity index (χ1n) is 7.86. The van der Waals surface area contributed by atoms with E-state index in [9.17, 15) is 4.79 Å². The molecule has 3 nitrogen and oxygen atoms in total. The normalized spacial score (nSPS) is 14.0. The first-order valence-corrected chi connectivity index (χ1v) is 7.86. The summed E-state index contributed by atoms with van der Waals surface area (Å²) < 4.78 is 4.89. The monoisotopic (exact) mass is 291 g/mol. The number of hydrogen-bond donors (Lipinski definition) is 1. The van der Waals surface area contributed by atoms with Gasteiger partial charge in [-0.3, -0.25) is 4.79 Å². The second kappa shape index (κ2) is 8.83. The maximum atomic E-state index is 11.8. The van der Waals surface area contributed by atoms with Gasteiger partial charge >= 0.3 is 5.97 Å². The molecule has 21 heavy (non-hydrogen) atoms. The number of benzene rings is 1. The molecular formula is C18H29NO2. The Morgan fingerprint density at radius 3 is 2.19 bits per heavy atom. The molecule has 1 aromatic carbocycles. The van der Waals surface area contributed by atoms with E-state index < -0.39 is 0 Å². The van der Waals surface area contributed by atoms with E-state index in [2.05, 4.69) is 57.3 Å². The Hall–Kier alpha value is -1.35. The highest BCUT2D eigenvalue weighted by Gasteiger charge is 2.23. The van der Waals surface area contributed by atoms with E-state index in [0.29, 0.717) is 12.5 Å². The van der Waals surface area contributed by atoms with Crippen molar-refractivity contribution in [2.45, 2.75) is 53.1 Å². The molecule has 0 aliphatic carbocycles. The van der Waals surface area contributed by atoms with Crippen LogP contribution in [0, 0.1) is 11.8 Å². The van der Waals surface area contributed by atoms with Crippen LogP contribution in [0.4, 0.5) is 0 Å². The lowest BCUT2D eigenvalue weighted by Gasteiger charge is -2.22. The minimum atomic E-state index is -0.240. The number of methoxy groups -OCH3 is 1. The zero-order valence-corrected chi connectivity index (χ0v) is 14.0. The third-order valence-electron chi connectivity index (χ3n) is 3.86. The van der Waals surface area contributed by atoms with Gasteiger partial charge in [-0.25, -0.2) is 0 Å². The molecule has 1 rings (SSSR count). The highest BCUT2D eigenvalue weighted by molar-refractivity contribution is 5.75. The molecular weight excluding hydrogens is 262 g/mol. The minimum Gasteiger partial charge on any atom is -0.468 e. The molecule has 1 aromatic rings. The third kappa shape index (κ3) is 5.88. The van der Waals surface area contributed by atoms with E-state index in [1.54, 1.807) is 0 Å². The van der Waals surface area contributed by atoms with E-state index in [0.717, 1.165) is 12.8 Å². The summed E-state index contributed by atoms with van der Waals surface area (Å²) in [6.07, 6.45) is 2.05.